The van der Waals surface area contributed by atoms with Gasteiger partial charge < -0.3 is 14.0 Å². The number of nitrogens with zero attached hydrogens (tertiary/aromatic N) is 6. The first-order valence-electron chi connectivity index (χ1n) is 13.0. The molecule has 0 N–H and O–H groups in total. The molecule has 5 aromatic rings. The second-order valence-electron chi connectivity index (χ2n) is 10.1. The van der Waals surface area contributed by atoms with Crippen LogP contribution in [0.2, 0.25) is 0 Å². The Bertz CT molecular complexity index is 1530. The number of aromatic nitrogens is 6. The SMILES string of the molecule is Cc1nnn(C)c1-c1cnc2c3c(OC(C)C)nccc3n([C@H](c3ccccc3)C3CCOCC3)c2c1. The third-order valence-electron chi connectivity index (χ3n) is 7.27. The zero-order valence-electron chi connectivity index (χ0n) is 21.8. The van der Waals surface area contributed by atoms with E-state index >= 15 is 0 Å². The van der Waals surface area contributed by atoms with Crippen LogP contribution in [0.4, 0.5) is 0 Å². The molecule has 0 saturated carbocycles. The van der Waals surface area contributed by atoms with Gasteiger partial charge in [0.25, 0.3) is 0 Å². The van der Waals surface area contributed by atoms with E-state index < -0.39 is 0 Å². The van der Waals surface area contributed by atoms with Crippen molar-refractivity contribution in [2.24, 2.45) is 13.0 Å². The summed E-state index contributed by atoms with van der Waals surface area (Å²) >= 11 is 0. The van der Waals surface area contributed by atoms with Crippen LogP contribution in [0.5, 0.6) is 5.88 Å². The van der Waals surface area contributed by atoms with E-state index in [0.29, 0.717) is 11.8 Å². The van der Waals surface area contributed by atoms with Gasteiger partial charge in [-0.3, -0.25) is 4.98 Å². The lowest BCUT2D eigenvalue weighted by Crippen LogP contribution is -2.26. The molecule has 4 aromatic heterocycles. The minimum atomic E-state index is -0.000599. The van der Waals surface area contributed by atoms with Gasteiger partial charge in [0.05, 0.1) is 40.0 Å². The minimum absolute atomic E-state index is 0.000599. The molecule has 8 nitrogen and oxygen atoms in total. The average molecular weight is 497 g/mol. The molecule has 0 unspecified atom stereocenters. The summed E-state index contributed by atoms with van der Waals surface area (Å²) in [6.07, 6.45) is 5.75. The number of aryl methyl sites for hydroxylation is 2. The number of ether oxygens (including phenoxy) is 2. The molecule has 0 spiro atoms. The first-order chi connectivity index (χ1) is 18.0. The molecule has 0 aliphatic carbocycles. The van der Waals surface area contributed by atoms with Crippen molar-refractivity contribution in [2.75, 3.05) is 13.2 Å². The predicted molar refractivity (Wildman–Crippen MR) is 144 cm³/mol. The molecule has 5 heterocycles. The number of benzene rings is 1. The molecular formula is C29H32N6O2. The Morgan fingerprint density at radius 3 is 2.51 bits per heavy atom. The highest BCUT2D eigenvalue weighted by molar-refractivity contribution is 6.09. The monoisotopic (exact) mass is 496 g/mol. The molecule has 8 heteroatoms. The second-order valence-corrected chi connectivity index (χ2v) is 10.1. The van der Waals surface area contributed by atoms with E-state index in [1.54, 1.807) is 0 Å². The van der Waals surface area contributed by atoms with Gasteiger partial charge in [0.15, 0.2) is 0 Å². The van der Waals surface area contributed by atoms with E-state index in [-0.39, 0.29) is 12.1 Å². The van der Waals surface area contributed by atoms with Crippen molar-refractivity contribution < 1.29 is 9.47 Å². The molecule has 0 bridgehead atoms. The van der Waals surface area contributed by atoms with E-state index in [4.69, 9.17) is 14.5 Å². The molecule has 0 radical (unpaired) electrons. The zero-order valence-corrected chi connectivity index (χ0v) is 21.8. The van der Waals surface area contributed by atoms with E-state index in [1.165, 1.54) is 5.56 Å². The van der Waals surface area contributed by atoms with Crippen LogP contribution in [0.3, 0.4) is 0 Å². The second kappa shape index (κ2) is 9.59. The van der Waals surface area contributed by atoms with Crippen molar-refractivity contribution >= 4 is 21.9 Å². The van der Waals surface area contributed by atoms with Crippen molar-refractivity contribution in [1.29, 1.82) is 0 Å². The molecule has 1 aliphatic rings. The summed E-state index contributed by atoms with van der Waals surface area (Å²) in [6.45, 7) is 7.58. The van der Waals surface area contributed by atoms with E-state index in [9.17, 15) is 0 Å². The molecule has 1 saturated heterocycles. The van der Waals surface area contributed by atoms with E-state index in [2.05, 4.69) is 62.3 Å². The van der Waals surface area contributed by atoms with Crippen LogP contribution in [0, 0.1) is 12.8 Å². The maximum absolute atomic E-state index is 6.21. The molecule has 1 aliphatic heterocycles. The van der Waals surface area contributed by atoms with Crippen LogP contribution in [0.25, 0.3) is 33.2 Å². The van der Waals surface area contributed by atoms with E-state index in [0.717, 1.165) is 64.9 Å². The van der Waals surface area contributed by atoms with Crippen molar-refractivity contribution in [2.45, 2.75) is 45.8 Å². The summed E-state index contributed by atoms with van der Waals surface area (Å²) in [5.41, 5.74) is 7.12. The van der Waals surface area contributed by atoms with Gasteiger partial charge in [-0.15, -0.1) is 5.10 Å². The van der Waals surface area contributed by atoms with Crippen molar-refractivity contribution in [3.05, 3.63) is 66.1 Å². The van der Waals surface area contributed by atoms with Gasteiger partial charge >= 0.3 is 0 Å². The normalized spacial score (nSPS) is 15.6. The highest BCUT2D eigenvalue weighted by Gasteiger charge is 2.31. The highest BCUT2D eigenvalue weighted by Crippen LogP contribution is 2.43. The Morgan fingerprint density at radius 1 is 1.03 bits per heavy atom. The molecule has 190 valence electrons. The molecule has 6 rings (SSSR count). The van der Waals surface area contributed by atoms with Crippen LogP contribution in [-0.4, -0.2) is 48.8 Å². The van der Waals surface area contributed by atoms with Crippen LogP contribution < -0.4 is 4.74 Å². The molecule has 1 aromatic carbocycles. The Morgan fingerprint density at radius 2 is 1.81 bits per heavy atom. The fourth-order valence-electron chi connectivity index (χ4n) is 5.73. The van der Waals surface area contributed by atoms with Gasteiger partial charge in [-0.25, -0.2) is 9.67 Å². The first-order valence-corrected chi connectivity index (χ1v) is 13.0. The van der Waals surface area contributed by atoms with E-state index in [1.807, 2.05) is 44.9 Å². The lowest BCUT2D eigenvalue weighted by atomic mass is 9.86. The summed E-state index contributed by atoms with van der Waals surface area (Å²) < 4.78 is 16.3. The topological polar surface area (TPSA) is 79.9 Å². The lowest BCUT2D eigenvalue weighted by molar-refractivity contribution is 0.0552. The Hall–Kier alpha value is -3.78. The van der Waals surface area contributed by atoms with Gasteiger partial charge in [0.1, 0.15) is 5.52 Å². The van der Waals surface area contributed by atoms with Crippen LogP contribution >= 0.6 is 0 Å². The minimum Gasteiger partial charge on any atom is -0.474 e. The summed E-state index contributed by atoms with van der Waals surface area (Å²) in [6, 6.07) is 15.2. The quantitative estimate of drug-likeness (QED) is 0.309. The first kappa shape index (κ1) is 23.6. The summed E-state index contributed by atoms with van der Waals surface area (Å²) in [7, 11) is 1.92. The van der Waals surface area contributed by atoms with Gasteiger partial charge in [-0.1, -0.05) is 35.5 Å². The number of fused-ring (bicyclic) bond motifs is 3. The molecule has 1 fully saturated rings. The number of rotatable bonds is 6. The van der Waals surface area contributed by atoms with Crippen LogP contribution in [-0.2, 0) is 11.8 Å². The third kappa shape index (κ3) is 4.15. The molecule has 0 amide bonds. The summed E-state index contributed by atoms with van der Waals surface area (Å²) in [4.78, 5) is 9.66. The Balaban J connectivity index is 1.68. The summed E-state index contributed by atoms with van der Waals surface area (Å²) in [5, 5.41) is 9.45. The van der Waals surface area contributed by atoms with Crippen LogP contribution in [0.1, 0.15) is 44.0 Å². The number of pyridine rings is 2. The third-order valence-corrected chi connectivity index (χ3v) is 7.27. The predicted octanol–water partition coefficient (Wildman–Crippen LogP) is 5.49. The molecule has 37 heavy (non-hydrogen) atoms. The molecular weight excluding hydrogens is 464 g/mol. The number of hydrogen-bond acceptors (Lipinski definition) is 6. The Labute approximate surface area is 216 Å². The number of hydrogen-bond donors (Lipinski definition) is 0. The summed E-state index contributed by atoms with van der Waals surface area (Å²) in [5.74, 6) is 1.04. The fourth-order valence-corrected chi connectivity index (χ4v) is 5.73. The maximum atomic E-state index is 6.21. The van der Waals surface area contributed by atoms with Gasteiger partial charge in [-0.05, 0) is 57.2 Å². The standard InChI is InChI=1S/C29H32N6O2/c1-18(2)37-29-25-23(10-13-30-29)35(28(20-8-6-5-7-9-20)21-11-14-36-15-12-21)24-16-22(17-31-26(24)25)27-19(3)32-33-34(27)4/h5-10,13,16-18,21,28H,11-12,14-15H2,1-4H3/t28-/m1/s1. The zero-order chi connectivity index (χ0) is 25.5. The molecule has 1 atom stereocenters. The van der Waals surface area contributed by atoms with Crippen molar-refractivity contribution in [1.82, 2.24) is 29.5 Å². The average Bonchev–Trinajstić information content (AvgIpc) is 3.42. The van der Waals surface area contributed by atoms with Gasteiger partial charge in [0, 0.05) is 38.2 Å². The van der Waals surface area contributed by atoms with Crippen LogP contribution in [0.15, 0.2) is 54.9 Å². The highest BCUT2D eigenvalue weighted by atomic mass is 16.5. The largest absolute Gasteiger partial charge is 0.474 e. The Kier molecular flexibility index (Phi) is 6.12. The van der Waals surface area contributed by atoms with Crippen molar-refractivity contribution in [3.8, 4) is 17.1 Å². The lowest BCUT2D eigenvalue weighted by Gasteiger charge is -2.33. The fraction of sp³-hybridized carbons (Fsp3) is 0.379. The smallest absolute Gasteiger partial charge is 0.225 e. The van der Waals surface area contributed by atoms with Gasteiger partial charge in [0.2, 0.25) is 5.88 Å². The van der Waals surface area contributed by atoms with Gasteiger partial charge in [-0.2, -0.15) is 0 Å². The van der Waals surface area contributed by atoms with Crippen molar-refractivity contribution in [3.63, 3.8) is 0 Å². The maximum Gasteiger partial charge on any atom is 0.225 e.